The second-order valence-corrected chi connectivity index (χ2v) is 10.0. The van der Waals surface area contributed by atoms with E-state index in [9.17, 15) is 14.4 Å². The second kappa shape index (κ2) is 12.3. The van der Waals surface area contributed by atoms with Crippen LogP contribution in [0.5, 0.6) is 0 Å². The van der Waals surface area contributed by atoms with Gasteiger partial charge in [-0.1, -0.05) is 65.3 Å². The average Bonchev–Trinajstić information content (AvgIpc) is 3.16. The number of hydrogen-bond donors (Lipinski definition) is 1. The number of para-hydroxylation sites is 1. The molecule has 0 unspecified atom stereocenters. The lowest BCUT2D eigenvalue weighted by molar-refractivity contribution is -0.128. The molecule has 1 N–H and O–H groups in total. The van der Waals surface area contributed by atoms with Crippen molar-refractivity contribution in [1.29, 1.82) is 0 Å². The van der Waals surface area contributed by atoms with Crippen LogP contribution in [0, 0.1) is 0 Å². The minimum atomic E-state index is -0.678. The maximum Gasteiger partial charge on any atom is 0.338 e. The van der Waals surface area contributed by atoms with Crippen molar-refractivity contribution >= 4 is 69.3 Å². The molecule has 10 heteroatoms. The number of nitrogens with zero attached hydrogens (tertiary/aromatic N) is 2. The predicted molar refractivity (Wildman–Crippen MR) is 148 cm³/mol. The van der Waals surface area contributed by atoms with Gasteiger partial charge in [0.2, 0.25) is 11.8 Å². The van der Waals surface area contributed by atoms with Gasteiger partial charge in [-0.15, -0.1) is 0 Å². The topological polar surface area (TPSA) is 88.1 Å². The Morgan fingerprint density at radius 2 is 1.68 bits per heavy atom. The minimum absolute atomic E-state index is 0.0610. The van der Waals surface area contributed by atoms with Gasteiger partial charge in [-0.25, -0.2) is 9.79 Å². The Morgan fingerprint density at radius 1 is 1.00 bits per heavy atom. The van der Waals surface area contributed by atoms with Gasteiger partial charge in [0.1, 0.15) is 5.25 Å². The molecule has 2 amide bonds. The molecule has 1 aliphatic rings. The van der Waals surface area contributed by atoms with Crippen molar-refractivity contribution in [1.82, 2.24) is 4.90 Å². The van der Waals surface area contributed by atoms with Gasteiger partial charge in [0, 0.05) is 11.4 Å². The number of thioether (sulfide) groups is 1. The molecular formula is C27H23Cl2N3O4S. The summed E-state index contributed by atoms with van der Waals surface area (Å²) in [6.45, 7) is 2.23. The number of rotatable bonds is 8. The monoisotopic (exact) mass is 555 g/mol. The third-order valence-corrected chi connectivity index (χ3v) is 7.30. The first-order valence-electron chi connectivity index (χ1n) is 11.5. The summed E-state index contributed by atoms with van der Waals surface area (Å²) >= 11 is 13.7. The zero-order chi connectivity index (χ0) is 26.4. The molecule has 0 radical (unpaired) electrons. The zero-order valence-corrected chi connectivity index (χ0v) is 22.1. The smallest absolute Gasteiger partial charge is 0.338 e. The number of carbonyl (C=O) groups excluding carboxylic acids is 3. The first kappa shape index (κ1) is 26.7. The van der Waals surface area contributed by atoms with E-state index in [0.29, 0.717) is 32.2 Å². The van der Waals surface area contributed by atoms with Gasteiger partial charge in [0.25, 0.3) is 0 Å². The van der Waals surface area contributed by atoms with E-state index in [4.69, 9.17) is 27.9 Å². The van der Waals surface area contributed by atoms with E-state index in [1.54, 1.807) is 61.5 Å². The second-order valence-electron chi connectivity index (χ2n) is 8.02. The van der Waals surface area contributed by atoms with E-state index in [0.717, 1.165) is 5.56 Å². The number of benzene rings is 3. The highest BCUT2D eigenvalue weighted by Gasteiger charge is 2.39. The van der Waals surface area contributed by atoms with E-state index in [-0.39, 0.29) is 31.4 Å². The SMILES string of the molecule is CCOC(=O)c1ccc(N=C2S[C@H](CC(=O)Nc3ccccc3Cl)C(=O)N2Cc2ccccc2Cl)cc1. The maximum atomic E-state index is 13.4. The van der Waals surface area contributed by atoms with Crippen LogP contribution in [0.25, 0.3) is 0 Å². The van der Waals surface area contributed by atoms with Crippen molar-refractivity contribution in [3.63, 3.8) is 0 Å². The highest BCUT2D eigenvalue weighted by atomic mass is 35.5. The van der Waals surface area contributed by atoms with Crippen molar-refractivity contribution in [3.8, 4) is 0 Å². The minimum Gasteiger partial charge on any atom is -0.462 e. The molecule has 1 atom stereocenters. The van der Waals surface area contributed by atoms with Crippen molar-refractivity contribution in [2.45, 2.75) is 25.1 Å². The summed E-state index contributed by atoms with van der Waals surface area (Å²) in [5.41, 5.74) is 2.19. The normalized spacial score (nSPS) is 16.2. The number of esters is 1. The maximum absolute atomic E-state index is 13.4. The molecule has 37 heavy (non-hydrogen) atoms. The molecule has 0 saturated carbocycles. The number of aliphatic imine (C=N–C) groups is 1. The van der Waals surface area contributed by atoms with Crippen LogP contribution < -0.4 is 5.32 Å². The highest BCUT2D eigenvalue weighted by Crippen LogP contribution is 2.34. The van der Waals surface area contributed by atoms with Crippen LogP contribution in [-0.4, -0.2) is 39.7 Å². The lowest BCUT2D eigenvalue weighted by Gasteiger charge is -2.17. The fourth-order valence-electron chi connectivity index (χ4n) is 3.60. The molecule has 3 aromatic rings. The molecule has 7 nitrogen and oxygen atoms in total. The molecule has 0 bridgehead atoms. The number of anilines is 1. The Bertz CT molecular complexity index is 1350. The summed E-state index contributed by atoms with van der Waals surface area (Å²) in [4.78, 5) is 44.3. The standard InChI is InChI=1S/C27H23Cl2N3O4S/c1-2-36-26(35)17-11-13-19(14-12-17)30-27-32(16-18-7-3-4-8-20(18)28)25(34)23(37-27)15-24(33)31-22-10-6-5-9-21(22)29/h3-14,23H,2,15-16H2,1H3,(H,31,33)/t23-/m1/s1. The van der Waals surface area contributed by atoms with Crippen molar-refractivity contribution in [2.24, 2.45) is 4.99 Å². The van der Waals surface area contributed by atoms with Gasteiger partial charge in [-0.3, -0.25) is 14.5 Å². The highest BCUT2D eigenvalue weighted by molar-refractivity contribution is 8.15. The Balaban J connectivity index is 1.57. The summed E-state index contributed by atoms with van der Waals surface area (Å²) in [5.74, 6) is -1.00. The third-order valence-electron chi connectivity index (χ3n) is 5.43. The molecule has 3 aromatic carbocycles. The van der Waals surface area contributed by atoms with Crippen LogP contribution in [0.4, 0.5) is 11.4 Å². The van der Waals surface area contributed by atoms with E-state index in [1.807, 2.05) is 18.2 Å². The van der Waals surface area contributed by atoms with Gasteiger partial charge in [0.15, 0.2) is 5.17 Å². The Hall–Kier alpha value is -3.33. The van der Waals surface area contributed by atoms with Gasteiger partial charge in [-0.2, -0.15) is 0 Å². The summed E-state index contributed by atoms with van der Waals surface area (Å²) in [6.07, 6.45) is -0.0610. The molecular weight excluding hydrogens is 533 g/mol. The van der Waals surface area contributed by atoms with E-state index >= 15 is 0 Å². The van der Waals surface area contributed by atoms with Crippen molar-refractivity contribution in [2.75, 3.05) is 11.9 Å². The van der Waals surface area contributed by atoms with Crippen LogP contribution >= 0.6 is 35.0 Å². The Labute approximate surface area is 228 Å². The summed E-state index contributed by atoms with van der Waals surface area (Å²) < 4.78 is 5.02. The molecule has 1 heterocycles. The third kappa shape index (κ3) is 6.71. The number of ether oxygens (including phenoxy) is 1. The quantitative estimate of drug-likeness (QED) is 0.328. The fraction of sp³-hybridized carbons (Fsp3) is 0.185. The molecule has 4 rings (SSSR count). The number of amides is 2. The van der Waals surface area contributed by atoms with Gasteiger partial charge in [0.05, 0.1) is 35.1 Å². The number of amidine groups is 1. The van der Waals surface area contributed by atoms with E-state index < -0.39 is 11.2 Å². The van der Waals surface area contributed by atoms with Gasteiger partial charge in [-0.05, 0) is 55.0 Å². The van der Waals surface area contributed by atoms with Crippen LogP contribution in [0.15, 0.2) is 77.8 Å². The largest absolute Gasteiger partial charge is 0.462 e. The molecule has 0 spiro atoms. The van der Waals surface area contributed by atoms with Crippen LogP contribution in [-0.2, 0) is 20.9 Å². The number of carbonyl (C=O) groups is 3. The van der Waals surface area contributed by atoms with Gasteiger partial charge >= 0.3 is 5.97 Å². The van der Waals surface area contributed by atoms with E-state index in [1.165, 1.54) is 16.7 Å². The average molecular weight is 556 g/mol. The lowest BCUT2D eigenvalue weighted by Crippen LogP contribution is -2.33. The van der Waals surface area contributed by atoms with Gasteiger partial charge < -0.3 is 10.1 Å². The Morgan fingerprint density at radius 3 is 2.35 bits per heavy atom. The van der Waals surface area contributed by atoms with Crippen LogP contribution in [0.2, 0.25) is 10.0 Å². The zero-order valence-electron chi connectivity index (χ0n) is 19.8. The molecule has 1 fully saturated rings. The molecule has 1 aliphatic heterocycles. The number of hydrogen-bond acceptors (Lipinski definition) is 6. The fourth-order valence-corrected chi connectivity index (χ4v) is 5.13. The van der Waals surface area contributed by atoms with Crippen molar-refractivity contribution < 1.29 is 19.1 Å². The lowest BCUT2D eigenvalue weighted by atomic mass is 10.2. The molecule has 190 valence electrons. The summed E-state index contributed by atoms with van der Waals surface area (Å²) in [5, 5.41) is 3.46. The summed E-state index contributed by atoms with van der Waals surface area (Å²) in [7, 11) is 0. The van der Waals surface area contributed by atoms with Crippen molar-refractivity contribution in [3.05, 3.63) is 94.0 Å². The van der Waals surface area contributed by atoms with Crippen LogP contribution in [0.1, 0.15) is 29.3 Å². The molecule has 1 saturated heterocycles. The first-order chi connectivity index (χ1) is 17.9. The first-order valence-corrected chi connectivity index (χ1v) is 13.1. The Kier molecular flexibility index (Phi) is 8.87. The van der Waals surface area contributed by atoms with E-state index in [2.05, 4.69) is 10.3 Å². The number of nitrogens with one attached hydrogen (secondary N) is 1. The molecule has 0 aliphatic carbocycles. The number of halogens is 2. The summed E-state index contributed by atoms with van der Waals surface area (Å²) in [6, 6.07) is 20.7. The van der Waals surface area contributed by atoms with Crippen LogP contribution in [0.3, 0.4) is 0 Å². The predicted octanol–water partition coefficient (Wildman–Crippen LogP) is 6.33. The molecule has 0 aromatic heterocycles.